The van der Waals surface area contributed by atoms with Gasteiger partial charge in [-0.25, -0.2) is 0 Å². The fourth-order valence-corrected chi connectivity index (χ4v) is 3.44. The number of halogens is 1. The van der Waals surface area contributed by atoms with Crippen molar-refractivity contribution in [3.05, 3.63) is 15.9 Å². The lowest BCUT2D eigenvalue weighted by Gasteiger charge is -2.32. The molecule has 1 aliphatic rings. The zero-order valence-electron chi connectivity index (χ0n) is 12.5. The third-order valence-electron chi connectivity index (χ3n) is 4.61. The molecule has 0 aliphatic heterocycles. The molecule has 0 aromatic carbocycles. The van der Waals surface area contributed by atoms with E-state index in [4.69, 9.17) is 0 Å². The Hall–Kier alpha value is -0.350. The molecule has 3 nitrogen and oxygen atoms in total. The lowest BCUT2D eigenvalue weighted by molar-refractivity contribution is 0.224. The van der Waals surface area contributed by atoms with Gasteiger partial charge in [-0.05, 0) is 60.9 Å². The van der Waals surface area contributed by atoms with Crippen LogP contribution in [0.25, 0.3) is 0 Å². The van der Waals surface area contributed by atoms with E-state index >= 15 is 0 Å². The van der Waals surface area contributed by atoms with Gasteiger partial charge in [0, 0.05) is 19.1 Å². The Bertz CT molecular complexity index is 427. The van der Waals surface area contributed by atoms with E-state index in [0.717, 1.165) is 30.6 Å². The third kappa shape index (κ3) is 3.40. The van der Waals surface area contributed by atoms with Crippen LogP contribution < -0.4 is 5.32 Å². The van der Waals surface area contributed by atoms with Crippen LogP contribution in [0, 0.1) is 18.8 Å². The lowest BCUT2D eigenvalue weighted by atomic mass is 9.79. The number of rotatable bonds is 4. The van der Waals surface area contributed by atoms with Crippen LogP contribution in [0.2, 0.25) is 0 Å². The van der Waals surface area contributed by atoms with E-state index in [2.05, 4.69) is 58.7 Å². The highest BCUT2D eigenvalue weighted by Crippen LogP contribution is 2.30. The SMILES string of the molecule is CCn1nc(C)c(Br)c1CNC1CCC(C)C(C)C1. The summed E-state index contributed by atoms with van der Waals surface area (Å²) in [5.41, 5.74) is 2.37. The molecule has 2 rings (SSSR count). The molecular formula is C15H26BrN3. The molecule has 0 bridgehead atoms. The topological polar surface area (TPSA) is 29.9 Å². The average molecular weight is 328 g/mol. The summed E-state index contributed by atoms with van der Waals surface area (Å²) in [6.07, 6.45) is 3.96. The Balaban J connectivity index is 1.96. The molecule has 4 heteroatoms. The summed E-state index contributed by atoms with van der Waals surface area (Å²) in [5, 5.41) is 8.28. The number of aryl methyl sites for hydroxylation is 2. The lowest BCUT2D eigenvalue weighted by Crippen LogP contribution is -2.36. The van der Waals surface area contributed by atoms with Crippen LogP contribution in [0.3, 0.4) is 0 Å². The monoisotopic (exact) mass is 327 g/mol. The van der Waals surface area contributed by atoms with Crippen molar-refractivity contribution in [2.24, 2.45) is 11.8 Å². The Kier molecular flexibility index (Phi) is 5.07. The summed E-state index contributed by atoms with van der Waals surface area (Å²) < 4.78 is 3.26. The van der Waals surface area contributed by atoms with Crippen molar-refractivity contribution in [2.45, 2.75) is 66.1 Å². The molecule has 0 saturated heterocycles. The Morgan fingerprint density at radius 2 is 2.05 bits per heavy atom. The third-order valence-corrected chi connectivity index (χ3v) is 5.64. The van der Waals surface area contributed by atoms with Crippen LogP contribution in [-0.2, 0) is 13.1 Å². The van der Waals surface area contributed by atoms with Crippen LogP contribution in [0.4, 0.5) is 0 Å². The highest BCUT2D eigenvalue weighted by atomic mass is 79.9. The predicted octanol–water partition coefficient (Wildman–Crippen LogP) is 3.89. The molecule has 1 heterocycles. The maximum absolute atomic E-state index is 4.55. The second-order valence-electron chi connectivity index (χ2n) is 6.01. The summed E-state index contributed by atoms with van der Waals surface area (Å²) in [5.74, 6) is 1.72. The highest BCUT2D eigenvalue weighted by Gasteiger charge is 2.24. The van der Waals surface area contributed by atoms with Crippen molar-refractivity contribution in [1.29, 1.82) is 0 Å². The molecule has 1 aromatic heterocycles. The number of hydrogen-bond donors (Lipinski definition) is 1. The first kappa shape index (κ1) is 15.0. The van der Waals surface area contributed by atoms with Crippen molar-refractivity contribution in [3.8, 4) is 0 Å². The first-order valence-electron chi connectivity index (χ1n) is 7.48. The zero-order chi connectivity index (χ0) is 14.0. The van der Waals surface area contributed by atoms with Crippen molar-refractivity contribution in [1.82, 2.24) is 15.1 Å². The van der Waals surface area contributed by atoms with Gasteiger partial charge in [0.15, 0.2) is 0 Å². The maximum atomic E-state index is 4.55. The van der Waals surface area contributed by atoms with Gasteiger partial charge in [0.2, 0.25) is 0 Å². The second-order valence-corrected chi connectivity index (χ2v) is 6.80. The quantitative estimate of drug-likeness (QED) is 0.909. The first-order chi connectivity index (χ1) is 9.02. The van der Waals surface area contributed by atoms with Gasteiger partial charge in [0.1, 0.15) is 0 Å². The normalized spacial score (nSPS) is 27.7. The number of hydrogen-bond acceptors (Lipinski definition) is 2. The summed E-state index contributed by atoms with van der Waals surface area (Å²) in [4.78, 5) is 0. The van der Waals surface area contributed by atoms with E-state index in [1.807, 2.05) is 0 Å². The van der Waals surface area contributed by atoms with Crippen LogP contribution >= 0.6 is 15.9 Å². The summed E-state index contributed by atoms with van der Waals surface area (Å²) >= 11 is 3.66. The van der Waals surface area contributed by atoms with Crippen molar-refractivity contribution >= 4 is 15.9 Å². The van der Waals surface area contributed by atoms with Gasteiger partial charge >= 0.3 is 0 Å². The average Bonchev–Trinajstić information content (AvgIpc) is 2.67. The van der Waals surface area contributed by atoms with Gasteiger partial charge in [0.25, 0.3) is 0 Å². The van der Waals surface area contributed by atoms with E-state index in [1.54, 1.807) is 0 Å². The Morgan fingerprint density at radius 1 is 1.32 bits per heavy atom. The predicted molar refractivity (Wildman–Crippen MR) is 83.1 cm³/mol. The molecule has 19 heavy (non-hydrogen) atoms. The molecule has 0 radical (unpaired) electrons. The fourth-order valence-electron chi connectivity index (χ4n) is 3.01. The van der Waals surface area contributed by atoms with Gasteiger partial charge in [-0.3, -0.25) is 4.68 Å². The fraction of sp³-hybridized carbons (Fsp3) is 0.800. The molecule has 1 aliphatic carbocycles. The minimum Gasteiger partial charge on any atom is -0.308 e. The summed E-state index contributed by atoms with van der Waals surface area (Å²) in [7, 11) is 0. The van der Waals surface area contributed by atoms with Gasteiger partial charge in [-0.15, -0.1) is 0 Å². The van der Waals surface area contributed by atoms with Crippen molar-refractivity contribution in [3.63, 3.8) is 0 Å². The van der Waals surface area contributed by atoms with Gasteiger partial charge in [-0.1, -0.05) is 13.8 Å². The Labute approximate surface area is 125 Å². The minimum atomic E-state index is 0.665. The number of nitrogens with one attached hydrogen (secondary N) is 1. The molecule has 3 atom stereocenters. The molecule has 1 N–H and O–H groups in total. The smallest absolute Gasteiger partial charge is 0.0739 e. The van der Waals surface area contributed by atoms with Crippen LogP contribution in [-0.4, -0.2) is 15.8 Å². The van der Waals surface area contributed by atoms with Gasteiger partial charge in [-0.2, -0.15) is 5.10 Å². The van der Waals surface area contributed by atoms with E-state index in [1.165, 1.54) is 29.4 Å². The Morgan fingerprint density at radius 3 is 2.68 bits per heavy atom. The summed E-state index contributed by atoms with van der Waals surface area (Å²) in [6, 6.07) is 0.665. The van der Waals surface area contributed by atoms with Crippen LogP contribution in [0.1, 0.15) is 51.4 Å². The van der Waals surface area contributed by atoms with Crippen molar-refractivity contribution < 1.29 is 0 Å². The first-order valence-corrected chi connectivity index (χ1v) is 8.27. The van der Waals surface area contributed by atoms with Crippen LogP contribution in [0.5, 0.6) is 0 Å². The largest absolute Gasteiger partial charge is 0.308 e. The summed E-state index contributed by atoms with van der Waals surface area (Å²) in [6.45, 7) is 10.8. The maximum Gasteiger partial charge on any atom is 0.0739 e. The molecule has 108 valence electrons. The molecule has 1 aromatic rings. The van der Waals surface area contributed by atoms with E-state index < -0.39 is 0 Å². The number of aromatic nitrogens is 2. The zero-order valence-corrected chi connectivity index (χ0v) is 14.1. The van der Waals surface area contributed by atoms with Gasteiger partial charge < -0.3 is 5.32 Å². The molecule has 1 saturated carbocycles. The number of nitrogens with zero attached hydrogens (tertiary/aromatic N) is 2. The molecule has 0 spiro atoms. The van der Waals surface area contributed by atoms with E-state index in [9.17, 15) is 0 Å². The van der Waals surface area contributed by atoms with E-state index in [0.29, 0.717) is 6.04 Å². The van der Waals surface area contributed by atoms with Gasteiger partial charge in [0.05, 0.1) is 15.9 Å². The molecule has 1 fully saturated rings. The standard InChI is InChI=1S/C15H26BrN3/c1-5-19-14(15(16)12(4)18-19)9-17-13-7-6-10(2)11(3)8-13/h10-11,13,17H,5-9H2,1-4H3. The minimum absolute atomic E-state index is 0.665. The molecular weight excluding hydrogens is 302 g/mol. The highest BCUT2D eigenvalue weighted by molar-refractivity contribution is 9.10. The molecule has 3 unspecified atom stereocenters. The van der Waals surface area contributed by atoms with Crippen molar-refractivity contribution in [2.75, 3.05) is 0 Å². The second kappa shape index (κ2) is 6.40. The van der Waals surface area contributed by atoms with Crippen LogP contribution in [0.15, 0.2) is 4.47 Å². The van der Waals surface area contributed by atoms with E-state index in [-0.39, 0.29) is 0 Å². The molecule has 0 amide bonds.